The van der Waals surface area contributed by atoms with Crippen LogP contribution in [-0.4, -0.2) is 65.3 Å². The number of anilines is 1. The number of hydrogen-bond donors (Lipinski definition) is 1. The van der Waals surface area contributed by atoms with Crippen molar-refractivity contribution in [1.29, 1.82) is 0 Å². The van der Waals surface area contributed by atoms with Crippen molar-refractivity contribution in [2.24, 2.45) is 0 Å². The zero-order valence-corrected chi connectivity index (χ0v) is 18.1. The molecule has 1 aliphatic rings. The van der Waals surface area contributed by atoms with Gasteiger partial charge in [-0.15, -0.1) is 0 Å². The largest absolute Gasteiger partial charge is 0.348 e. The lowest BCUT2D eigenvalue weighted by Gasteiger charge is -2.33. The normalized spacial score (nSPS) is 15.3. The van der Waals surface area contributed by atoms with Crippen LogP contribution >= 0.6 is 0 Å². The lowest BCUT2D eigenvalue weighted by molar-refractivity contribution is -0.117. The number of ketones is 1. The number of rotatable bonds is 8. The predicted molar refractivity (Wildman–Crippen MR) is 116 cm³/mol. The van der Waals surface area contributed by atoms with E-state index in [4.69, 9.17) is 0 Å². The smallest absolute Gasteiger partial charge is 0.238 e. The molecule has 162 valence electrons. The number of hydrogen-bond acceptors (Lipinski definition) is 4. The number of halogens is 1. The summed E-state index contributed by atoms with van der Waals surface area (Å²) < 4.78 is 15.4. The third kappa shape index (κ3) is 5.55. The summed E-state index contributed by atoms with van der Waals surface area (Å²) in [4.78, 5) is 29.3. The second kappa shape index (κ2) is 10.00. The summed E-state index contributed by atoms with van der Waals surface area (Å²) in [6.45, 7) is 10.7. The molecule has 6 nitrogen and oxygen atoms in total. The Morgan fingerprint density at radius 1 is 1.03 bits per heavy atom. The first-order valence-electron chi connectivity index (χ1n) is 10.6. The van der Waals surface area contributed by atoms with Crippen LogP contribution in [0.15, 0.2) is 30.3 Å². The van der Waals surface area contributed by atoms with Gasteiger partial charge in [0.05, 0.1) is 13.1 Å². The molecule has 0 saturated carbocycles. The molecule has 1 N–H and O–H groups in total. The summed E-state index contributed by atoms with van der Waals surface area (Å²) in [5.74, 6) is -0.377. The molecule has 1 aromatic heterocycles. The molecule has 0 aliphatic carbocycles. The molecule has 1 aromatic carbocycles. The highest BCUT2D eigenvalue weighted by atomic mass is 19.1. The minimum absolute atomic E-state index is 0.155. The van der Waals surface area contributed by atoms with Crippen LogP contribution in [0, 0.1) is 19.7 Å². The lowest BCUT2D eigenvalue weighted by Crippen LogP contribution is -2.49. The van der Waals surface area contributed by atoms with Gasteiger partial charge in [-0.25, -0.2) is 4.39 Å². The van der Waals surface area contributed by atoms with Crippen molar-refractivity contribution in [3.05, 3.63) is 53.1 Å². The fourth-order valence-electron chi connectivity index (χ4n) is 4.01. The topological polar surface area (TPSA) is 57.6 Å². The van der Waals surface area contributed by atoms with E-state index in [0.29, 0.717) is 12.2 Å². The van der Waals surface area contributed by atoms with E-state index < -0.39 is 0 Å². The van der Waals surface area contributed by atoms with Crippen LogP contribution in [-0.2, 0) is 11.3 Å². The zero-order valence-electron chi connectivity index (χ0n) is 18.1. The van der Waals surface area contributed by atoms with Crippen LogP contribution in [0.1, 0.15) is 35.1 Å². The van der Waals surface area contributed by atoms with E-state index in [1.54, 1.807) is 12.1 Å². The second-order valence-corrected chi connectivity index (χ2v) is 7.97. The van der Waals surface area contributed by atoms with Gasteiger partial charge in [-0.05, 0) is 44.5 Å². The molecule has 0 bridgehead atoms. The Morgan fingerprint density at radius 2 is 1.70 bits per heavy atom. The van der Waals surface area contributed by atoms with Gasteiger partial charge in [-0.3, -0.25) is 19.4 Å². The monoisotopic (exact) mass is 414 g/mol. The minimum atomic E-state index is -0.374. The Hall–Kier alpha value is -2.51. The fraction of sp³-hybridized carbons (Fsp3) is 0.478. The van der Waals surface area contributed by atoms with E-state index in [9.17, 15) is 14.0 Å². The SMILES string of the molecule is CCCn1c(C)cc(C(=O)CN2CCN(CC(=O)Nc3cccc(F)c3)CC2)c1C. The highest BCUT2D eigenvalue weighted by molar-refractivity contribution is 5.99. The summed E-state index contributed by atoms with van der Waals surface area (Å²) in [5.41, 5.74) is 3.46. The van der Waals surface area contributed by atoms with E-state index in [2.05, 4.69) is 26.6 Å². The van der Waals surface area contributed by atoms with Crippen molar-refractivity contribution in [2.45, 2.75) is 33.7 Å². The maximum atomic E-state index is 13.2. The van der Waals surface area contributed by atoms with Crippen molar-refractivity contribution < 1.29 is 14.0 Å². The number of nitrogens with one attached hydrogen (secondary N) is 1. The summed E-state index contributed by atoms with van der Waals surface area (Å²) in [6, 6.07) is 7.89. The summed E-state index contributed by atoms with van der Waals surface area (Å²) in [6.07, 6.45) is 1.04. The summed E-state index contributed by atoms with van der Waals surface area (Å²) >= 11 is 0. The summed E-state index contributed by atoms with van der Waals surface area (Å²) in [5, 5.41) is 2.73. The van der Waals surface area contributed by atoms with Crippen LogP contribution in [0.2, 0.25) is 0 Å². The Balaban J connectivity index is 1.47. The molecule has 1 amide bonds. The van der Waals surface area contributed by atoms with Gasteiger partial charge in [0.1, 0.15) is 5.82 Å². The number of carbonyl (C=O) groups excluding carboxylic acids is 2. The quantitative estimate of drug-likeness (QED) is 0.675. The fourth-order valence-corrected chi connectivity index (χ4v) is 4.01. The minimum Gasteiger partial charge on any atom is -0.348 e. The van der Waals surface area contributed by atoms with Gasteiger partial charge in [-0.2, -0.15) is 0 Å². The maximum Gasteiger partial charge on any atom is 0.238 e. The third-order valence-electron chi connectivity index (χ3n) is 5.63. The molecule has 2 heterocycles. The molecule has 2 aromatic rings. The van der Waals surface area contributed by atoms with Gasteiger partial charge in [0, 0.05) is 55.4 Å². The number of aromatic nitrogens is 1. The molecule has 30 heavy (non-hydrogen) atoms. The number of carbonyl (C=O) groups is 2. The molecular weight excluding hydrogens is 383 g/mol. The number of benzene rings is 1. The summed E-state index contributed by atoms with van der Waals surface area (Å²) in [7, 11) is 0. The number of amides is 1. The molecule has 3 rings (SSSR count). The number of aryl methyl sites for hydroxylation is 1. The van der Waals surface area contributed by atoms with E-state index in [-0.39, 0.29) is 24.1 Å². The number of nitrogens with zero attached hydrogens (tertiary/aromatic N) is 3. The molecule has 1 aliphatic heterocycles. The van der Waals surface area contributed by atoms with Crippen LogP contribution < -0.4 is 5.32 Å². The number of piperazine rings is 1. The highest BCUT2D eigenvalue weighted by Gasteiger charge is 2.23. The average molecular weight is 415 g/mol. The van der Waals surface area contributed by atoms with E-state index in [1.165, 1.54) is 12.1 Å². The Labute approximate surface area is 177 Å². The van der Waals surface area contributed by atoms with Crippen LogP contribution in [0.4, 0.5) is 10.1 Å². The van der Waals surface area contributed by atoms with Crippen molar-refractivity contribution >= 4 is 17.4 Å². The number of Topliss-reactive ketones (excluding diaryl/α,β-unsaturated/α-hetero) is 1. The molecule has 0 atom stereocenters. The van der Waals surface area contributed by atoms with E-state index in [1.807, 2.05) is 19.9 Å². The molecule has 1 saturated heterocycles. The van der Waals surface area contributed by atoms with Crippen molar-refractivity contribution in [3.63, 3.8) is 0 Å². The molecular formula is C23H31FN4O2. The van der Waals surface area contributed by atoms with Gasteiger partial charge in [-0.1, -0.05) is 13.0 Å². The van der Waals surface area contributed by atoms with Gasteiger partial charge >= 0.3 is 0 Å². The first kappa shape index (κ1) is 22.2. The Bertz CT molecular complexity index is 901. The maximum absolute atomic E-state index is 13.2. The van der Waals surface area contributed by atoms with E-state index in [0.717, 1.165) is 56.1 Å². The van der Waals surface area contributed by atoms with Crippen molar-refractivity contribution in [1.82, 2.24) is 14.4 Å². The van der Waals surface area contributed by atoms with E-state index >= 15 is 0 Å². The zero-order chi connectivity index (χ0) is 21.7. The third-order valence-corrected chi connectivity index (χ3v) is 5.63. The Kier molecular flexibility index (Phi) is 7.39. The first-order chi connectivity index (χ1) is 14.4. The highest BCUT2D eigenvalue weighted by Crippen LogP contribution is 2.17. The van der Waals surface area contributed by atoms with Crippen molar-refractivity contribution in [2.75, 3.05) is 44.6 Å². The average Bonchev–Trinajstić information content (AvgIpc) is 2.98. The molecule has 1 fully saturated rings. The van der Waals surface area contributed by atoms with Gasteiger partial charge in [0.25, 0.3) is 0 Å². The van der Waals surface area contributed by atoms with Gasteiger partial charge in [0.15, 0.2) is 5.78 Å². The molecule has 0 spiro atoms. The molecule has 0 unspecified atom stereocenters. The first-order valence-corrected chi connectivity index (χ1v) is 10.6. The lowest BCUT2D eigenvalue weighted by atomic mass is 10.1. The predicted octanol–water partition coefficient (Wildman–Crippen LogP) is 3.09. The second-order valence-electron chi connectivity index (χ2n) is 7.97. The Morgan fingerprint density at radius 3 is 2.33 bits per heavy atom. The molecule has 0 radical (unpaired) electrons. The molecule has 7 heteroatoms. The standard InChI is InChI=1S/C23H31FN4O2/c1-4-8-28-17(2)13-21(18(28)3)22(29)15-26-9-11-27(12-10-26)16-23(30)25-20-7-5-6-19(24)14-20/h5-7,13-14H,4,8-12,15-16H2,1-3H3,(H,25,30). The van der Waals surface area contributed by atoms with Crippen LogP contribution in [0.5, 0.6) is 0 Å². The van der Waals surface area contributed by atoms with Gasteiger partial charge < -0.3 is 9.88 Å². The van der Waals surface area contributed by atoms with Crippen LogP contribution in [0.3, 0.4) is 0 Å². The van der Waals surface area contributed by atoms with Crippen molar-refractivity contribution in [3.8, 4) is 0 Å². The van der Waals surface area contributed by atoms with Crippen LogP contribution in [0.25, 0.3) is 0 Å². The van der Waals surface area contributed by atoms with Gasteiger partial charge in [0.2, 0.25) is 5.91 Å².